The van der Waals surface area contributed by atoms with Crippen molar-refractivity contribution in [3.63, 3.8) is 0 Å². The summed E-state index contributed by atoms with van der Waals surface area (Å²) in [5.41, 5.74) is 1.92. The summed E-state index contributed by atoms with van der Waals surface area (Å²) in [6.45, 7) is 2.90. The van der Waals surface area contributed by atoms with Gasteiger partial charge in [-0.2, -0.15) is 0 Å². The van der Waals surface area contributed by atoms with Gasteiger partial charge in [0.2, 0.25) is 0 Å². The molecule has 0 radical (unpaired) electrons. The Morgan fingerprint density at radius 3 is 2.74 bits per heavy atom. The van der Waals surface area contributed by atoms with E-state index in [0.717, 1.165) is 24.9 Å². The molecule has 1 aliphatic carbocycles. The second-order valence-electron chi connectivity index (χ2n) is 5.20. The molecule has 1 aromatic rings. The summed E-state index contributed by atoms with van der Waals surface area (Å²) in [5, 5.41) is 22.6. The molecule has 0 bridgehead atoms. The van der Waals surface area contributed by atoms with Crippen LogP contribution in [0.25, 0.3) is 0 Å². The number of nitrogens with one attached hydrogen (secondary N) is 1. The summed E-state index contributed by atoms with van der Waals surface area (Å²) in [4.78, 5) is 4.05. The van der Waals surface area contributed by atoms with Crippen molar-refractivity contribution >= 4 is 0 Å². The van der Waals surface area contributed by atoms with Crippen LogP contribution in [-0.4, -0.2) is 34.5 Å². The third-order valence-corrected chi connectivity index (χ3v) is 4.05. The number of aromatic nitrogens is 1. The number of aliphatic hydroxyl groups is 1. The fraction of sp³-hybridized carbons (Fsp3) is 0.643. The molecule has 19 heavy (non-hydrogen) atoms. The Bertz CT molecular complexity index is 439. The smallest absolute Gasteiger partial charge is 0.141 e. The van der Waals surface area contributed by atoms with Crippen LogP contribution in [-0.2, 0) is 17.9 Å². The van der Waals surface area contributed by atoms with Gasteiger partial charge in [-0.1, -0.05) is 0 Å². The van der Waals surface area contributed by atoms with E-state index in [1.165, 1.54) is 6.42 Å². The standard InChI is InChI=1S/C14H22N2O3/c1-10-13(18)12(11(8-17)6-16-10)7-15-9-14(19-2)4-3-5-14/h6,15,17-18H,3-5,7-9H2,1-2H3. The lowest BCUT2D eigenvalue weighted by Gasteiger charge is -2.40. The first-order chi connectivity index (χ1) is 9.12. The normalized spacial score (nSPS) is 17.2. The molecule has 0 atom stereocenters. The highest BCUT2D eigenvalue weighted by atomic mass is 16.5. The van der Waals surface area contributed by atoms with Crippen LogP contribution in [0.2, 0.25) is 0 Å². The molecule has 2 rings (SSSR count). The minimum Gasteiger partial charge on any atom is -0.506 e. The molecule has 1 fully saturated rings. The number of methoxy groups -OCH3 is 1. The highest BCUT2D eigenvalue weighted by Gasteiger charge is 2.36. The molecule has 0 saturated heterocycles. The number of ether oxygens (including phenoxy) is 1. The van der Waals surface area contributed by atoms with Gasteiger partial charge in [0.25, 0.3) is 0 Å². The molecule has 5 heteroatoms. The molecule has 0 unspecified atom stereocenters. The summed E-state index contributed by atoms with van der Waals surface area (Å²) < 4.78 is 5.54. The first-order valence-electron chi connectivity index (χ1n) is 6.65. The minimum atomic E-state index is -0.118. The quantitative estimate of drug-likeness (QED) is 0.722. The Hall–Kier alpha value is -1.17. The highest BCUT2D eigenvalue weighted by molar-refractivity contribution is 5.40. The second-order valence-corrected chi connectivity index (χ2v) is 5.20. The molecule has 5 nitrogen and oxygen atoms in total. The van der Waals surface area contributed by atoms with Gasteiger partial charge in [0, 0.05) is 37.5 Å². The number of aryl methyl sites for hydroxylation is 1. The summed E-state index contributed by atoms with van der Waals surface area (Å²) >= 11 is 0. The lowest BCUT2D eigenvalue weighted by atomic mass is 9.80. The number of aliphatic hydroxyl groups excluding tert-OH is 1. The molecule has 1 saturated carbocycles. The number of hydrogen-bond acceptors (Lipinski definition) is 5. The maximum absolute atomic E-state index is 10.0. The highest BCUT2D eigenvalue weighted by Crippen LogP contribution is 2.34. The van der Waals surface area contributed by atoms with Gasteiger partial charge in [0.05, 0.1) is 17.9 Å². The average Bonchev–Trinajstić information content (AvgIpc) is 2.37. The predicted octanol–water partition coefficient (Wildman–Crippen LogP) is 1.25. The van der Waals surface area contributed by atoms with Crippen LogP contribution >= 0.6 is 0 Å². The Balaban J connectivity index is 2.01. The van der Waals surface area contributed by atoms with Crippen LogP contribution < -0.4 is 5.32 Å². The monoisotopic (exact) mass is 266 g/mol. The fourth-order valence-corrected chi connectivity index (χ4v) is 2.46. The van der Waals surface area contributed by atoms with Crippen LogP contribution in [0.3, 0.4) is 0 Å². The zero-order valence-corrected chi connectivity index (χ0v) is 11.6. The number of rotatable bonds is 6. The van der Waals surface area contributed by atoms with E-state index < -0.39 is 0 Å². The lowest BCUT2D eigenvalue weighted by molar-refractivity contribution is -0.0695. The van der Waals surface area contributed by atoms with Crippen molar-refractivity contribution in [3.05, 3.63) is 23.0 Å². The van der Waals surface area contributed by atoms with E-state index in [4.69, 9.17) is 4.74 Å². The van der Waals surface area contributed by atoms with E-state index in [1.54, 1.807) is 20.2 Å². The first kappa shape index (κ1) is 14.2. The van der Waals surface area contributed by atoms with Crippen molar-refractivity contribution in [2.75, 3.05) is 13.7 Å². The summed E-state index contributed by atoms with van der Waals surface area (Å²) in [6.07, 6.45) is 4.97. The molecule has 106 valence electrons. The molecule has 1 aromatic heterocycles. The van der Waals surface area contributed by atoms with Gasteiger partial charge in [0.1, 0.15) is 5.75 Å². The molecule has 0 aliphatic heterocycles. The van der Waals surface area contributed by atoms with Crippen molar-refractivity contribution in [2.45, 2.75) is 44.9 Å². The van der Waals surface area contributed by atoms with E-state index >= 15 is 0 Å². The van der Waals surface area contributed by atoms with Crippen LogP contribution in [0.15, 0.2) is 6.20 Å². The SMILES string of the molecule is COC1(CNCc2c(CO)cnc(C)c2O)CCC1. The molecule has 0 spiro atoms. The summed E-state index contributed by atoms with van der Waals surface area (Å²) in [7, 11) is 1.74. The van der Waals surface area contributed by atoms with Crippen LogP contribution in [0.1, 0.15) is 36.1 Å². The second kappa shape index (κ2) is 5.86. The van der Waals surface area contributed by atoms with E-state index in [2.05, 4.69) is 10.3 Å². The maximum atomic E-state index is 10.0. The van der Waals surface area contributed by atoms with Gasteiger partial charge in [-0.15, -0.1) is 0 Å². The van der Waals surface area contributed by atoms with Crippen molar-refractivity contribution in [3.8, 4) is 5.75 Å². The van der Waals surface area contributed by atoms with Gasteiger partial charge in [-0.25, -0.2) is 0 Å². The maximum Gasteiger partial charge on any atom is 0.141 e. The minimum absolute atomic E-state index is 0.0446. The van der Waals surface area contributed by atoms with Gasteiger partial charge in [0.15, 0.2) is 0 Å². The van der Waals surface area contributed by atoms with Crippen molar-refractivity contribution < 1.29 is 14.9 Å². The Labute approximate surface area is 113 Å². The fourth-order valence-electron chi connectivity index (χ4n) is 2.46. The molecule has 0 amide bonds. The third kappa shape index (κ3) is 2.88. The van der Waals surface area contributed by atoms with Crippen LogP contribution in [0.4, 0.5) is 0 Å². The summed E-state index contributed by atoms with van der Waals surface area (Å²) in [6, 6.07) is 0. The number of aromatic hydroxyl groups is 1. The molecule has 3 N–H and O–H groups in total. The Morgan fingerprint density at radius 2 is 2.21 bits per heavy atom. The number of nitrogens with zero attached hydrogens (tertiary/aromatic N) is 1. The van der Waals surface area contributed by atoms with Crippen molar-refractivity contribution in [2.24, 2.45) is 0 Å². The van der Waals surface area contributed by atoms with E-state index in [-0.39, 0.29) is 18.0 Å². The lowest BCUT2D eigenvalue weighted by Crippen LogP contribution is -2.47. The van der Waals surface area contributed by atoms with E-state index in [9.17, 15) is 10.2 Å². The van der Waals surface area contributed by atoms with E-state index in [0.29, 0.717) is 17.8 Å². The van der Waals surface area contributed by atoms with Crippen molar-refractivity contribution in [1.29, 1.82) is 0 Å². The van der Waals surface area contributed by atoms with Gasteiger partial charge < -0.3 is 20.3 Å². The Morgan fingerprint density at radius 1 is 1.47 bits per heavy atom. The molecular formula is C14H22N2O3. The van der Waals surface area contributed by atoms with Gasteiger partial charge >= 0.3 is 0 Å². The average molecular weight is 266 g/mol. The van der Waals surface area contributed by atoms with Crippen LogP contribution in [0.5, 0.6) is 5.75 Å². The van der Waals surface area contributed by atoms with Crippen LogP contribution in [0, 0.1) is 6.92 Å². The molecule has 0 aromatic carbocycles. The predicted molar refractivity (Wildman–Crippen MR) is 71.9 cm³/mol. The Kier molecular flexibility index (Phi) is 4.39. The first-order valence-corrected chi connectivity index (χ1v) is 6.65. The molecule has 1 aliphatic rings. The van der Waals surface area contributed by atoms with Crippen molar-refractivity contribution in [1.82, 2.24) is 10.3 Å². The zero-order valence-electron chi connectivity index (χ0n) is 11.6. The zero-order chi connectivity index (χ0) is 13.9. The number of pyridine rings is 1. The molecular weight excluding hydrogens is 244 g/mol. The van der Waals surface area contributed by atoms with Gasteiger partial charge in [-0.05, 0) is 26.2 Å². The van der Waals surface area contributed by atoms with Gasteiger partial charge in [-0.3, -0.25) is 4.98 Å². The summed E-state index contributed by atoms with van der Waals surface area (Å²) in [5.74, 6) is 0.166. The van der Waals surface area contributed by atoms with E-state index in [1.807, 2.05) is 0 Å². The topological polar surface area (TPSA) is 74.6 Å². The molecule has 1 heterocycles. The number of hydrogen-bond donors (Lipinski definition) is 3. The largest absolute Gasteiger partial charge is 0.506 e. The third-order valence-electron chi connectivity index (χ3n) is 4.05.